The first kappa shape index (κ1) is 18.0. The Morgan fingerprint density at radius 2 is 1.83 bits per heavy atom. The molecule has 0 atom stereocenters. The molecule has 0 saturated carbocycles. The van der Waals surface area contributed by atoms with Gasteiger partial charge in [0, 0.05) is 13.1 Å². The second kappa shape index (κ2) is 9.73. The van der Waals surface area contributed by atoms with Gasteiger partial charge in [0.05, 0.1) is 6.42 Å². The largest absolute Gasteiger partial charge is 0.489 e. The maximum atomic E-state index is 11.9. The van der Waals surface area contributed by atoms with Gasteiger partial charge in [-0.15, -0.1) is 0 Å². The summed E-state index contributed by atoms with van der Waals surface area (Å²) in [6, 6.07) is 16.0. The Balaban J connectivity index is 1.83. The Labute approximate surface area is 144 Å². The van der Waals surface area contributed by atoms with Gasteiger partial charge < -0.3 is 15.4 Å². The number of ether oxygens (including phenoxy) is 1. The van der Waals surface area contributed by atoms with E-state index in [1.807, 2.05) is 37.3 Å². The summed E-state index contributed by atoms with van der Waals surface area (Å²) < 4.78 is 5.84. The fourth-order valence-electron chi connectivity index (χ4n) is 2.43. The fraction of sp³-hybridized carbons (Fsp3) is 0.350. The van der Waals surface area contributed by atoms with E-state index in [4.69, 9.17) is 4.74 Å². The number of likely N-dealkylation sites (N-methyl/N-ethyl adjacent to an activating group) is 1. The first-order valence-corrected chi connectivity index (χ1v) is 8.42. The van der Waals surface area contributed by atoms with Crippen molar-refractivity contribution in [3.8, 4) is 5.75 Å². The molecule has 0 saturated heterocycles. The van der Waals surface area contributed by atoms with Crippen LogP contribution in [0.15, 0.2) is 48.5 Å². The van der Waals surface area contributed by atoms with Crippen LogP contribution in [0, 0.1) is 6.92 Å². The summed E-state index contributed by atoms with van der Waals surface area (Å²) >= 11 is 0. The van der Waals surface area contributed by atoms with Crippen LogP contribution in [-0.2, 0) is 17.8 Å². The van der Waals surface area contributed by atoms with Crippen LogP contribution in [-0.4, -0.2) is 25.5 Å². The molecule has 128 valence electrons. The highest BCUT2D eigenvalue weighted by atomic mass is 16.5. The first-order chi connectivity index (χ1) is 11.7. The molecule has 24 heavy (non-hydrogen) atoms. The van der Waals surface area contributed by atoms with E-state index in [2.05, 4.69) is 35.8 Å². The summed E-state index contributed by atoms with van der Waals surface area (Å²) in [6.07, 6.45) is 0.369. The van der Waals surface area contributed by atoms with Crippen molar-refractivity contribution < 1.29 is 9.53 Å². The van der Waals surface area contributed by atoms with Gasteiger partial charge in [-0.2, -0.15) is 0 Å². The molecule has 0 fully saturated rings. The third kappa shape index (κ3) is 6.42. The standard InChI is InChI=1S/C20H26N2O2/c1-3-21-10-11-22-20(23)14-17-7-5-9-19(13-17)24-15-18-8-4-6-16(2)12-18/h4-9,12-13,21H,3,10-11,14-15H2,1-2H3,(H,22,23). The molecule has 2 rings (SSSR count). The summed E-state index contributed by atoms with van der Waals surface area (Å²) in [7, 11) is 0. The number of benzene rings is 2. The molecule has 0 aliphatic rings. The normalized spacial score (nSPS) is 10.4. The molecule has 2 aromatic rings. The quantitative estimate of drug-likeness (QED) is 0.697. The average molecular weight is 326 g/mol. The molecular formula is C20H26N2O2. The first-order valence-electron chi connectivity index (χ1n) is 8.42. The Hall–Kier alpha value is -2.33. The summed E-state index contributed by atoms with van der Waals surface area (Å²) in [5.41, 5.74) is 3.32. The van der Waals surface area contributed by atoms with E-state index in [-0.39, 0.29) is 5.91 Å². The highest BCUT2D eigenvalue weighted by Gasteiger charge is 2.04. The molecule has 4 heteroatoms. The lowest BCUT2D eigenvalue weighted by Crippen LogP contribution is -2.32. The van der Waals surface area contributed by atoms with Gasteiger partial charge >= 0.3 is 0 Å². The van der Waals surface area contributed by atoms with E-state index in [9.17, 15) is 4.79 Å². The number of rotatable bonds is 9. The summed E-state index contributed by atoms with van der Waals surface area (Å²) in [5, 5.41) is 6.09. The zero-order valence-electron chi connectivity index (χ0n) is 14.5. The lowest BCUT2D eigenvalue weighted by atomic mass is 10.1. The van der Waals surface area contributed by atoms with Gasteiger partial charge in [0.1, 0.15) is 12.4 Å². The van der Waals surface area contributed by atoms with Gasteiger partial charge in [-0.25, -0.2) is 0 Å². The van der Waals surface area contributed by atoms with Gasteiger partial charge in [0.25, 0.3) is 0 Å². The molecule has 0 unspecified atom stereocenters. The number of hydrogen-bond donors (Lipinski definition) is 2. The fourth-order valence-corrected chi connectivity index (χ4v) is 2.43. The van der Waals surface area contributed by atoms with Crippen molar-refractivity contribution in [3.05, 3.63) is 65.2 Å². The Kier molecular flexibility index (Phi) is 7.30. The van der Waals surface area contributed by atoms with Crippen LogP contribution in [0.1, 0.15) is 23.6 Å². The minimum Gasteiger partial charge on any atom is -0.489 e. The zero-order chi connectivity index (χ0) is 17.2. The SMILES string of the molecule is CCNCCNC(=O)Cc1cccc(OCc2cccc(C)c2)c1. The van der Waals surface area contributed by atoms with E-state index in [0.717, 1.165) is 30.0 Å². The summed E-state index contributed by atoms with van der Waals surface area (Å²) in [4.78, 5) is 11.9. The molecule has 2 N–H and O–H groups in total. The predicted octanol–water partition coefficient (Wildman–Crippen LogP) is 2.84. The molecule has 0 aliphatic carbocycles. The predicted molar refractivity (Wildman–Crippen MR) is 97.2 cm³/mol. The minimum atomic E-state index is 0.0312. The molecule has 4 nitrogen and oxygen atoms in total. The molecule has 1 amide bonds. The van der Waals surface area contributed by atoms with Gasteiger partial charge in [-0.05, 0) is 36.7 Å². The molecule has 0 aromatic heterocycles. The van der Waals surface area contributed by atoms with E-state index in [1.165, 1.54) is 5.56 Å². The molecule has 0 radical (unpaired) electrons. The summed E-state index contributed by atoms with van der Waals surface area (Å²) in [6.45, 7) is 7.00. The number of carbonyl (C=O) groups excluding carboxylic acids is 1. The molecule has 0 heterocycles. The van der Waals surface area contributed by atoms with Gasteiger partial charge in [0.2, 0.25) is 5.91 Å². The van der Waals surface area contributed by atoms with Crippen molar-refractivity contribution in [1.29, 1.82) is 0 Å². The lowest BCUT2D eigenvalue weighted by Gasteiger charge is -2.09. The van der Waals surface area contributed by atoms with Crippen molar-refractivity contribution in [3.63, 3.8) is 0 Å². The number of amides is 1. The molecule has 0 aliphatic heterocycles. The van der Waals surface area contributed by atoms with Crippen molar-refractivity contribution in [2.45, 2.75) is 26.9 Å². The smallest absolute Gasteiger partial charge is 0.224 e. The second-order valence-electron chi connectivity index (χ2n) is 5.81. The maximum Gasteiger partial charge on any atom is 0.224 e. The van der Waals surface area contributed by atoms with Crippen molar-refractivity contribution in [2.75, 3.05) is 19.6 Å². The number of carbonyl (C=O) groups is 1. The van der Waals surface area contributed by atoms with E-state index < -0.39 is 0 Å². The number of hydrogen-bond acceptors (Lipinski definition) is 3. The van der Waals surface area contributed by atoms with Crippen LogP contribution in [0.5, 0.6) is 5.75 Å². The van der Waals surface area contributed by atoms with Crippen LogP contribution < -0.4 is 15.4 Å². The van der Waals surface area contributed by atoms with Crippen LogP contribution in [0.2, 0.25) is 0 Å². The van der Waals surface area contributed by atoms with Crippen molar-refractivity contribution in [2.24, 2.45) is 0 Å². The van der Waals surface area contributed by atoms with E-state index in [0.29, 0.717) is 19.6 Å². The number of nitrogens with one attached hydrogen (secondary N) is 2. The van der Waals surface area contributed by atoms with Crippen LogP contribution in [0.4, 0.5) is 0 Å². The van der Waals surface area contributed by atoms with Gasteiger partial charge in [0.15, 0.2) is 0 Å². The molecule has 0 spiro atoms. The minimum absolute atomic E-state index is 0.0312. The summed E-state index contributed by atoms with van der Waals surface area (Å²) in [5.74, 6) is 0.818. The van der Waals surface area contributed by atoms with E-state index >= 15 is 0 Å². The highest BCUT2D eigenvalue weighted by molar-refractivity contribution is 5.78. The third-order valence-electron chi connectivity index (χ3n) is 3.63. The lowest BCUT2D eigenvalue weighted by molar-refractivity contribution is -0.120. The number of aryl methyl sites for hydroxylation is 1. The topological polar surface area (TPSA) is 50.4 Å². The molecule has 2 aromatic carbocycles. The monoisotopic (exact) mass is 326 g/mol. The van der Waals surface area contributed by atoms with Crippen LogP contribution >= 0.6 is 0 Å². The van der Waals surface area contributed by atoms with Crippen LogP contribution in [0.3, 0.4) is 0 Å². The van der Waals surface area contributed by atoms with Gasteiger partial charge in [-0.1, -0.05) is 48.9 Å². The Morgan fingerprint density at radius 3 is 2.62 bits per heavy atom. The molecule has 0 bridgehead atoms. The van der Waals surface area contributed by atoms with Crippen LogP contribution in [0.25, 0.3) is 0 Å². The van der Waals surface area contributed by atoms with Gasteiger partial charge in [-0.3, -0.25) is 4.79 Å². The van der Waals surface area contributed by atoms with E-state index in [1.54, 1.807) is 0 Å². The maximum absolute atomic E-state index is 11.9. The highest BCUT2D eigenvalue weighted by Crippen LogP contribution is 2.16. The average Bonchev–Trinajstić information content (AvgIpc) is 2.57. The zero-order valence-corrected chi connectivity index (χ0v) is 14.5. The Bertz CT molecular complexity index is 656. The second-order valence-corrected chi connectivity index (χ2v) is 5.81. The van der Waals surface area contributed by atoms with Crippen molar-refractivity contribution >= 4 is 5.91 Å². The van der Waals surface area contributed by atoms with Crippen molar-refractivity contribution in [1.82, 2.24) is 10.6 Å². The molecular weight excluding hydrogens is 300 g/mol. The Morgan fingerprint density at radius 1 is 1.04 bits per heavy atom. The third-order valence-corrected chi connectivity index (χ3v) is 3.63.